The van der Waals surface area contributed by atoms with E-state index in [1.807, 2.05) is 4.90 Å². The van der Waals surface area contributed by atoms with E-state index >= 15 is 0 Å². The predicted molar refractivity (Wildman–Crippen MR) is 62.4 cm³/mol. The van der Waals surface area contributed by atoms with Crippen LogP contribution in [0.15, 0.2) is 18.2 Å². The minimum atomic E-state index is -0.832. The van der Waals surface area contributed by atoms with Crippen LogP contribution in [0, 0.1) is 11.6 Å². The molecule has 1 heterocycles. The van der Waals surface area contributed by atoms with Crippen molar-refractivity contribution in [1.29, 1.82) is 0 Å². The van der Waals surface area contributed by atoms with Gasteiger partial charge in [-0.2, -0.15) is 0 Å². The van der Waals surface area contributed by atoms with Gasteiger partial charge in [-0.25, -0.2) is 8.78 Å². The molecule has 1 aliphatic rings. The Kier molecular flexibility index (Phi) is 3.91. The van der Waals surface area contributed by atoms with Gasteiger partial charge >= 0.3 is 5.97 Å². The van der Waals surface area contributed by atoms with Gasteiger partial charge in [0.05, 0.1) is 6.54 Å². The molecule has 0 spiro atoms. The minimum Gasteiger partial charge on any atom is -0.480 e. The van der Waals surface area contributed by atoms with Crippen LogP contribution in [-0.2, 0) is 4.79 Å². The lowest BCUT2D eigenvalue weighted by Gasteiger charge is -2.31. The fraction of sp³-hybridized carbons (Fsp3) is 0.462. The number of carbonyl (C=O) groups is 1. The van der Waals surface area contributed by atoms with Crippen molar-refractivity contribution in [2.75, 3.05) is 19.6 Å². The highest BCUT2D eigenvalue weighted by Crippen LogP contribution is 2.28. The number of rotatable bonds is 3. The molecule has 1 aliphatic heterocycles. The Morgan fingerprint density at radius 1 is 1.28 bits per heavy atom. The first-order valence-electron chi connectivity index (χ1n) is 5.95. The molecule has 2 rings (SSSR count). The molecule has 0 radical (unpaired) electrons. The number of carboxylic acid groups (broad SMARTS) is 1. The average Bonchev–Trinajstić information content (AvgIpc) is 2.33. The Morgan fingerprint density at radius 3 is 2.50 bits per heavy atom. The molecule has 3 nitrogen and oxygen atoms in total. The molecule has 0 saturated carbocycles. The topological polar surface area (TPSA) is 40.5 Å². The lowest BCUT2D eigenvalue weighted by molar-refractivity contribution is -0.138. The quantitative estimate of drug-likeness (QED) is 0.900. The normalized spacial score (nSPS) is 17.9. The Hall–Kier alpha value is -1.49. The lowest BCUT2D eigenvalue weighted by Crippen LogP contribution is -2.36. The lowest BCUT2D eigenvalue weighted by atomic mass is 9.89. The van der Waals surface area contributed by atoms with E-state index in [1.165, 1.54) is 6.07 Å². The van der Waals surface area contributed by atoms with Crippen LogP contribution in [0.4, 0.5) is 8.78 Å². The largest absolute Gasteiger partial charge is 0.480 e. The van der Waals surface area contributed by atoms with Gasteiger partial charge in [0.1, 0.15) is 0 Å². The van der Waals surface area contributed by atoms with Crippen molar-refractivity contribution in [3.63, 3.8) is 0 Å². The Labute approximate surface area is 104 Å². The molecular weight excluding hydrogens is 240 g/mol. The maximum atomic E-state index is 13.1. The summed E-state index contributed by atoms with van der Waals surface area (Å²) >= 11 is 0. The number of aliphatic carboxylic acids is 1. The van der Waals surface area contributed by atoms with Crippen molar-refractivity contribution in [2.45, 2.75) is 18.8 Å². The fourth-order valence-electron chi connectivity index (χ4n) is 2.38. The van der Waals surface area contributed by atoms with Crippen LogP contribution in [0.3, 0.4) is 0 Å². The summed E-state index contributed by atoms with van der Waals surface area (Å²) in [7, 11) is 0. The smallest absolute Gasteiger partial charge is 0.317 e. The number of hydrogen-bond donors (Lipinski definition) is 1. The van der Waals surface area contributed by atoms with Crippen LogP contribution in [0.2, 0.25) is 0 Å². The van der Waals surface area contributed by atoms with Gasteiger partial charge in [0.15, 0.2) is 11.6 Å². The van der Waals surface area contributed by atoms with Gasteiger partial charge in [-0.05, 0) is 49.5 Å². The summed E-state index contributed by atoms with van der Waals surface area (Å²) < 4.78 is 25.9. The molecule has 0 bridgehead atoms. The second-order valence-corrected chi connectivity index (χ2v) is 4.62. The minimum absolute atomic E-state index is 0.0461. The molecular formula is C13H15F2NO2. The van der Waals surface area contributed by atoms with Crippen molar-refractivity contribution >= 4 is 5.97 Å². The molecule has 0 amide bonds. The first-order chi connectivity index (χ1) is 8.56. The van der Waals surface area contributed by atoms with Crippen LogP contribution < -0.4 is 0 Å². The molecule has 0 aliphatic carbocycles. The van der Waals surface area contributed by atoms with Crippen LogP contribution in [-0.4, -0.2) is 35.6 Å². The number of halogens is 2. The highest BCUT2D eigenvalue weighted by molar-refractivity contribution is 5.69. The summed E-state index contributed by atoms with van der Waals surface area (Å²) in [6, 6.07) is 4.00. The molecule has 1 N–H and O–H groups in total. The molecule has 18 heavy (non-hydrogen) atoms. The highest BCUT2D eigenvalue weighted by atomic mass is 19.2. The van der Waals surface area contributed by atoms with E-state index in [1.54, 1.807) is 6.07 Å². The summed E-state index contributed by atoms with van der Waals surface area (Å²) in [6.45, 7) is 1.40. The van der Waals surface area contributed by atoms with E-state index in [4.69, 9.17) is 5.11 Å². The average molecular weight is 255 g/mol. The zero-order valence-electron chi connectivity index (χ0n) is 9.90. The number of piperidine rings is 1. The number of hydrogen-bond acceptors (Lipinski definition) is 2. The van der Waals surface area contributed by atoms with Gasteiger partial charge in [-0.3, -0.25) is 9.69 Å². The Bertz CT molecular complexity index is 443. The van der Waals surface area contributed by atoms with Gasteiger partial charge in [-0.1, -0.05) is 6.07 Å². The highest BCUT2D eigenvalue weighted by Gasteiger charge is 2.22. The molecule has 1 aromatic rings. The standard InChI is InChI=1S/C13H15F2NO2/c14-11-2-1-10(7-12(11)15)9-3-5-16(6-4-9)8-13(17)18/h1-2,7,9H,3-6,8H2,(H,17,18). The molecule has 98 valence electrons. The number of likely N-dealkylation sites (tertiary alicyclic amines) is 1. The molecule has 5 heteroatoms. The third kappa shape index (κ3) is 3.04. The third-order valence-electron chi connectivity index (χ3n) is 3.36. The van der Waals surface area contributed by atoms with Gasteiger partial charge < -0.3 is 5.11 Å². The van der Waals surface area contributed by atoms with E-state index in [2.05, 4.69) is 0 Å². The molecule has 0 atom stereocenters. The third-order valence-corrected chi connectivity index (χ3v) is 3.36. The van der Waals surface area contributed by atoms with Gasteiger partial charge in [-0.15, -0.1) is 0 Å². The van der Waals surface area contributed by atoms with E-state index in [-0.39, 0.29) is 12.5 Å². The van der Waals surface area contributed by atoms with Gasteiger partial charge in [0.2, 0.25) is 0 Å². The second kappa shape index (κ2) is 5.44. The molecule has 1 saturated heterocycles. The van der Waals surface area contributed by atoms with Crippen LogP contribution in [0.1, 0.15) is 24.3 Å². The predicted octanol–water partition coefficient (Wildman–Crippen LogP) is 2.23. The maximum absolute atomic E-state index is 13.1. The SMILES string of the molecule is O=C(O)CN1CCC(c2ccc(F)c(F)c2)CC1. The molecule has 1 fully saturated rings. The number of nitrogens with zero attached hydrogens (tertiary/aromatic N) is 1. The molecule has 1 aromatic carbocycles. The summed E-state index contributed by atoms with van der Waals surface area (Å²) in [5.41, 5.74) is 0.795. The van der Waals surface area contributed by atoms with E-state index < -0.39 is 17.6 Å². The van der Waals surface area contributed by atoms with Crippen LogP contribution in [0.25, 0.3) is 0 Å². The molecule has 0 aromatic heterocycles. The van der Waals surface area contributed by atoms with Gasteiger partial charge in [0, 0.05) is 0 Å². The molecule has 0 unspecified atom stereocenters. The zero-order valence-corrected chi connectivity index (χ0v) is 9.90. The van der Waals surface area contributed by atoms with Crippen molar-refractivity contribution in [1.82, 2.24) is 4.90 Å². The van der Waals surface area contributed by atoms with E-state index in [0.29, 0.717) is 13.1 Å². The number of carboxylic acids is 1. The van der Waals surface area contributed by atoms with E-state index in [9.17, 15) is 13.6 Å². The van der Waals surface area contributed by atoms with Crippen molar-refractivity contribution in [2.24, 2.45) is 0 Å². The number of benzene rings is 1. The summed E-state index contributed by atoms with van der Waals surface area (Å²) in [6.07, 6.45) is 1.55. The Morgan fingerprint density at radius 2 is 1.94 bits per heavy atom. The van der Waals surface area contributed by atoms with Crippen LogP contribution >= 0.6 is 0 Å². The van der Waals surface area contributed by atoms with Crippen molar-refractivity contribution < 1.29 is 18.7 Å². The zero-order chi connectivity index (χ0) is 13.1. The summed E-state index contributed by atoms with van der Waals surface area (Å²) in [5, 5.41) is 8.68. The van der Waals surface area contributed by atoms with Gasteiger partial charge in [0.25, 0.3) is 0 Å². The summed E-state index contributed by atoms with van der Waals surface area (Å²) in [5.74, 6) is -2.30. The van der Waals surface area contributed by atoms with Crippen molar-refractivity contribution in [3.8, 4) is 0 Å². The van der Waals surface area contributed by atoms with Crippen molar-refractivity contribution in [3.05, 3.63) is 35.4 Å². The monoisotopic (exact) mass is 255 g/mol. The fourth-order valence-corrected chi connectivity index (χ4v) is 2.38. The maximum Gasteiger partial charge on any atom is 0.317 e. The summed E-state index contributed by atoms with van der Waals surface area (Å²) in [4.78, 5) is 12.4. The first-order valence-corrected chi connectivity index (χ1v) is 5.95. The van der Waals surface area contributed by atoms with E-state index in [0.717, 1.165) is 24.5 Å². The second-order valence-electron chi connectivity index (χ2n) is 4.62. The first kappa shape index (κ1) is 13.0. The van der Waals surface area contributed by atoms with Crippen LogP contribution in [0.5, 0.6) is 0 Å². The Balaban J connectivity index is 1.96.